The molecule has 6 nitrogen and oxygen atoms in total. The van der Waals surface area contributed by atoms with E-state index in [-0.39, 0.29) is 22.2 Å². The molecule has 1 fully saturated rings. The van der Waals surface area contributed by atoms with Crippen molar-refractivity contribution in [3.05, 3.63) is 21.6 Å². The number of hydrogen-bond acceptors (Lipinski definition) is 5. The molecule has 0 aromatic carbocycles. The Morgan fingerprint density at radius 1 is 1.62 bits per heavy atom. The van der Waals surface area contributed by atoms with Crippen LogP contribution in [0.1, 0.15) is 20.3 Å². The number of anilines is 1. The molecule has 1 aliphatic rings. The standard InChI is InChI=1S/C14H23ClN4O2/c1-10-14(2,5-8-21-10)17-11-9-16-19(7-6-18(3)4)13(20)12(11)15/h9-10,17H,5-8H2,1-4H3. The van der Waals surface area contributed by atoms with Crippen LogP contribution in [0.15, 0.2) is 11.0 Å². The lowest BCUT2D eigenvalue weighted by molar-refractivity contribution is 0.105. The number of nitrogens with one attached hydrogen (secondary N) is 1. The van der Waals surface area contributed by atoms with Gasteiger partial charge >= 0.3 is 0 Å². The molecular formula is C14H23ClN4O2. The van der Waals surface area contributed by atoms with Gasteiger partial charge in [-0.1, -0.05) is 11.6 Å². The molecule has 1 saturated heterocycles. The lowest BCUT2D eigenvalue weighted by Gasteiger charge is -2.30. The van der Waals surface area contributed by atoms with Gasteiger partial charge in [-0.3, -0.25) is 4.79 Å². The molecular weight excluding hydrogens is 292 g/mol. The first-order valence-corrected chi connectivity index (χ1v) is 7.51. The summed E-state index contributed by atoms with van der Waals surface area (Å²) in [4.78, 5) is 14.2. The van der Waals surface area contributed by atoms with Crippen molar-refractivity contribution in [2.24, 2.45) is 0 Å². The second-order valence-corrected chi connectivity index (χ2v) is 6.39. The number of ether oxygens (including phenoxy) is 1. The van der Waals surface area contributed by atoms with E-state index in [1.165, 1.54) is 4.68 Å². The van der Waals surface area contributed by atoms with Gasteiger partial charge < -0.3 is 15.0 Å². The highest BCUT2D eigenvalue weighted by Crippen LogP contribution is 2.30. The Bertz CT molecular complexity index is 560. The molecule has 118 valence electrons. The van der Waals surface area contributed by atoms with Gasteiger partial charge in [0.15, 0.2) is 0 Å². The topological polar surface area (TPSA) is 59.4 Å². The highest BCUT2D eigenvalue weighted by molar-refractivity contribution is 6.32. The van der Waals surface area contributed by atoms with Crippen molar-refractivity contribution in [1.82, 2.24) is 14.7 Å². The Hall–Kier alpha value is -1.11. The maximum atomic E-state index is 12.2. The van der Waals surface area contributed by atoms with Crippen LogP contribution in [0.2, 0.25) is 5.02 Å². The first-order chi connectivity index (χ1) is 9.83. The smallest absolute Gasteiger partial charge is 0.287 e. The number of aromatic nitrogens is 2. The summed E-state index contributed by atoms with van der Waals surface area (Å²) in [6, 6.07) is 0. The molecule has 2 unspecified atom stereocenters. The minimum atomic E-state index is -0.265. The summed E-state index contributed by atoms with van der Waals surface area (Å²) in [6.07, 6.45) is 2.55. The summed E-state index contributed by atoms with van der Waals surface area (Å²) in [5, 5.41) is 7.71. The zero-order chi connectivity index (χ0) is 15.6. The van der Waals surface area contributed by atoms with Crippen molar-refractivity contribution in [3.63, 3.8) is 0 Å². The second-order valence-electron chi connectivity index (χ2n) is 6.01. The van der Waals surface area contributed by atoms with Crippen molar-refractivity contribution < 1.29 is 4.74 Å². The Morgan fingerprint density at radius 3 is 2.90 bits per heavy atom. The predicted molar refractivity (Wildman–Crippen MR) is 84.1 cm³/mol. The Labute approximate surface area is 130 Å². The highest BCUT2D eigenvalue weighted by Gasteiger charge is 2.37. The predicted octanol–water partition coefficient (Wildman–Crippen LogP) is 1.44. The monoisotopic (exact) mass is 314 g/mol. The van der Waals surface area contributed by atoms with Crippen molar-refractivity contribution in [2.75, 3.05) is 32.6 Å². The molecule has 0 amide bonds. The third-order valence-electron chi connectivity index (χ3n) is 4.05. The number of nitrogens with zero attached hydrogens (tertiary/aromatic N) is 3. The first kappa shape index (κ1) is 16.3. The fourth-order valence-electron chi connectivity index (χ4n) is 2.31. The van der Waals surface area contributed by atoms with E-state index >= 15 is 0 Å². The zero-order valence-electron chi connectivity index (χ0n) is 13.0. The van der Waals surface area contributed by atoms with E-state index in [1.807, 2.05) is 25.9 Å². The van der Waals surface area contributed by atoms with Crippen LogP contribution < -0.4 is 10.9 Å². The molecule has 0 spiro atoms. The van der Waals surface area contributed by atoms with Crippen molar-refractivity contribution in [3.8, 4) is 0 Å². The van der Waals surface area contributed by atoms with E-state index < -0.39 is 0 Å². The fraction of sp³-hybridized carbons (Fsp3) is 0.714. The molecule has 1 aromatic rings. The van der Waals surface area contributed by atoms with Crippen LogP contribution >= 0.6 is 11.6 Å². The summed E-state index contributed by atoms with van der Waals surface area (Å²) >= 11 is 6.21. The van der Waals surface area contributed by atoms with E-state index in [0.717, 1.165) is 13.0 Å². The molecule has 2 heterocycles. The summed E-state index contributed by atoms with van der Waals surface area (Å²) < 4.78 is 6.98. The molecule has 0 radical (unpaired) electrons. The number of rotatable bonds is 5. The van der Waals surface area contributed by atoms with Gasteiger partial charge in [-0.05, 0) is 34.4 Å². The van der Waals surface area contributed by atoms with E-state index in [1.54, 1.807) is 6.20 Å². The number of halogens is 1. The Morgan fingerprint density at radius 2 is 2.33 bits per heavy atom. The molecule has 0 saturated carbocycles. The first-order valence-electron chi connectivity index (χ1n) is 7.13. The summed E-state index contributed by atoms with van der Waals surface area (Å²) in [7, 11) is 3.90. The average Bonchev–Trinajstić information content (AvgIpc) is 2.74. The average molecular weight is 315 g/mol. The van der Waals surface area contributed by atoms with Gasteiger partial charge in [-0.2, -0.15) is 5.10 Å². The molecule has 2 rings (SSSR count). The molecule has 1 aromatic heterocycles. The third kappa shape index (κ3) is 3.56. The summed E-state index contributed by atoms with van der Waals surface area (Å²) in [6.45, 7) is 6.04. The molecule has 1 aliphatic heterocycles. The largest absolute Gasteiger partial charge is 0.376 e. The van der Waals surface area contributed by atoms with E-state index in [0.29, 0.717) is 18.8 Å². The van der Waals surface area contributed by atoms with Crippen LogP contribution in [0.5, 0.6) is 0 Å². The SMILES string of the molecule is CC1OCCC1(C)Nc1cnn(CCN(C)C)c(=O)c1Cl. The van der Waals surface area contributed by atoms with Gasteiger partial charge in [-0.15, -0.1) is 0 Å². The van der Waals surface area contributed by atoms with Crippen LogP contribution in [0.3, 0.4) is 0 Å². The number of likely N-dealkylation sites (N-methyl/N-ethyl adjacent to an activating group) is 1. The second kappa shape index (κ2) is 6.34. The maximum absolute atomic E-state index is 12.2. The van der Waals surface area contributed by atoms with Crippen molar-refractivity contribution >= 4 is 17.3 Å². The van der Waals surface area contributed by atoms with Gasteiger partial charge in [0.1, 0.15) is 5.02 Å². The highest BCUT2D eigenvalue weighted by atomic mass is 35.5. The quantitative estimate of drug-likeness (QED) is 0.891. The van der Waals surface area contributed by atoms with Crippen LogP contribution in [0.25, 0.3) is 0 Å². The Balaban J connectivity index is 2.19. The van der Waals surface area contributed by atoms with E-state index in [2.05, 4.69) is 17.3 Å². The van der Waals surface area contributed by atoms with Gasteiger partial charge in [0, 0.05) is 13.2 Å². The molecule has 21 heavy (non-hydrogen) atoms. The van der Waals surface area contributed by atoms with Gasteiger partial charge in [0.25, 0.3) is 5.56 Å². The van der Waals surface area contributed by atoms with Crippen LogP contribution in [0.4, 0.5) is 5.69 Å². The van der Waals surface area contributed by atoms with E-state index in [9.17, 15) is 4.79 Å². The van der Waals surface area contributed by atoms with Crippen LogP contribution in [-0.2, 0) is 11.3 Å². The molecule has 1 N–H and O–H groups in total. The number of hydrogen-bond donors (Lipinski definition) is 1. The third-order valence-corrected chi connectivity index (χ3v) is 4.42. The minimum absolute atomic E-state index is 0.0599. The Kier molecular flexibility index (Phi) is 4.91. The minimum Gasteiger partial charge on any atom is -0.376 e. The normalized spacial score (nSPS) is 25.5. The van der Waals surface area contributed by atoms with Gasteiger partial charge in [0.2, 0.25) is 0 Å². The fourth-order valence-corrected chi connectivity index (χ4v) is 2.51. The van der Waals surface area contributed by atoms with Gasteiger partial charge in [0.05, 0.1) is 30.1 Å². The molecule has 0 aliphatic carbocycles. The molecule has 0 bridgehead atoms. The summed E-state index contributed by atoms with van der Waals surface area (Å²) in [5.41, 5.74) is 0.0782. The van der Waals surface area contributed by atoms with Crippen molar-refractivity contribution in [2.45, 2.75) is 38.5 Å². The van der Waals surface area contributed by atoms with Gasteiger partial charge in [-0.25, -0.2) is 4.68 Å². The zero-order valence-corrected chi connectivity index (χ0v) is 13.8. The molecule has 7 heteroatoms. The molecule has 2 atom stereocenters. The lowest BCUT2D eigenvalue weighted by atomic mass is 9.94. The van der Waals surface area contributed by atoms with Crippen LogP contribution in [0, 0.1) is 0 Å². The van der Waals surface area contributed by atoms with E-state index in [4.69, 9.17) is 16.3 Å². The van der Waals surface area contributed by atoms with Crippen molar-refractivity contribution in [1.29, 1.82) is 0 Å². The summed E-state index contributed by atoms with van der Waals surface area (Å²) in [5.74, 6) is 0. The lowest BCUT2D eigenvalue weighted by Crippen LogP contribution is -2.42. The maximum Gasteiger partial charge on any atom is 0.287 e. The van der Waals surface area contributed by atoms with Crippen LogP contribution in [-0.4, -0.2) is 53.6 Å².